The molecule has 1 atom stereocenters. The van der Waals surface area contributed by atoms with Crippen LogP contribution in [0.5, 0.6) is 28.7 Å². The van der Waals surface area contributed by atoms with Crippen LogP contribution in [-0.2, 0) is 12.8 Å². The molecule has 2 aromatic carbocycles. The summed E-state index contributed by atoms with van der Waals surface area (Å²) in [6.07, 6.45) is 1.71. The fourth-order valence-corrected chi connectivity index (χ4v) is 4.60. The highest BCUT2D eigenvalue weighted by Crippen LogP contribution is 2.60. The second kappa shape index (κ2) is 5.45. The third-order valence-corrected chi connectivity index (χ3v) is 5.81. The largest absolute Gasteiger partial charge is 0.504 e. The van der Waals surface area contributed by atoms with Crippen molar-refractivity contribution in [1.29, 1.82) is 0 Å². The van der Waals surface area contributed by atoms with E-state index in [-0.39, 0.29) is 18.6 Å². The van der Waals surface area contributed by atoms with Gasteiger partial charge < -0.3 is 24.1 Å². The average molecular weight is 355 g/mol. The van der Waals surface area contributed by atoms with Crippen molar-refractivity contribution in [1.82, 2.24) is 4.90 Å². The van der Waals surface area contributed by atoms with E-state index in [1.165, 1.54) is 11.1 Å². The van der Waals surface area contributed by atoms with Gasteiger partial charge in [-0.15, -0.1) is 0 Å². The smallest absolute Gasteiger partial charge is 0.231 e. The van der Waals surface area contributed by atoms with Crippen LogP contribution in [0.25, 0.3) is 11.1 Å². The Kier molecular flexibility index (Phi) is 3.28. The summed E-state index contributed by atoms with van der Waals surface area (Å²) >= 11 is 0. The number of phenolic OH excluding ortho intramolecular Hbond substituents is 1. The van der Waals surface area contributed by atoms with Crippen molar-refractivity contribution < 1.29 is 24.1 Å². The minimum Gasteiger partial charge on any atom is -0.504 e. The predicted molar refractivity (Wildman–Crippen MR) is 95.5 cm³/mol. The molecule has 0 aromatic heterocycles. The molecule has 0 saturated heterocycles. The van der Waals surface area contributed by atoms with Crippen LogP contribution in [-0.4, -0.2) is 44.6 Å². The van der Waals surface area contributed by atoms with E-state index in [1.807, 2.05) is 12.1 Å². The molecule has 2 heterocycles. The number of ether oxygens (including phenoxy) is 4. The Morgan fingerprint density at radius 3 is 2.69 bits per heavy atom. The highest BCUT2D eigenvalue weighted by molar-refractivity contribution is 5.90. The highest BCUT2D eigenvalue weighted by atomic mass is 16.7. The standard InChI is InChI=1S/C20H21NO5/c1-21-7-6-11-15-12(21)8-10-4-5-13(23-2)17(22)14(10)16(15)19(24-3)20-18(11)25-9-26-20/h4-5,12,22H,6-9H2,1-3H3. The van der Waals surface area contributed by atoms with Crippen LogP contribution < -0.4 is 18.9 Å². The second-order valence-corrected chi connectivity index (χ2v) is 6.97. The Bertz CT molecular complexity index is 923. The summed E-state index contributed by atoms with van der Waals surface area (Å²) < 4.78 is 22.7. The molecule has 2 aliphatic heterocycles. The van der Waals surface area contributed by atoms with Crippen LogP contribution in [0, 0.1) is 0 Å². The van der Waals surface area contributed by atoms with E-state index < -0.39 is 0 Å². The van der Waals surface area contributed by atoms with Gasteiger partial charge in [0.25, 0.3) is 0 Å². The third kappa shape index (κ3) is 1.85. The molecule has 6 heteroatoms. The van der Waals surface area contributed by atoms with Gasteiger partial charge in [-0.3, -0.25) is 4.90 Å². The molecule has 1 unspecified atom stereocenters. The van der Waals surface area contributed by atoms with E-state index in [9.17, 15) is 5.11 Å². The van der Waals surface area contributed by atoms with Crippen molar-refractivity contribution >= 4 is 0 Å². The summed E-state index contributed by atoms with van der Waals surface area (Å²) in [6.45, 7) is 1.15. The van der Waals surface area contributed by atoms with Gasteiger partial charge in [0, 0.05) is 29.3 Å². The van der Waals surface area contributed by atoms with Crippen molar-refractivity contribution in [3.05, 3.63) is 28.8 Å². The maximum atomic E-state index is 10.9. The molecule has 6 nitrogen and oxygen atoms in total. The molecular weight excluding hydrogens is 334 g/mol. The first-order valence-electron chi connectivity index (χ1n) is 8.77. The van der Waals surface area contributed by atoms with Crippen molar-refractivity contribution in [2.24, 2.45) is 0 Å². The summed E-state index contributed by atoms with van der Waals surface area (Å²) in [7, 11) is 5.34. The lowest BCUT2D eigenvalue weighted by Crippen LogP contribution is -2.35. The molecule has 0 bridgehead atoms. The number of aromatic hydroxyl groups is 1. The zero-order valence-corrected chi connectivity index (χ0v) is 15.1. The summed E-state index contributed by atoms with van der Waals surface area (Å²) in [4.78, 5) is 2.36. The molecule has 26 heavy (non-hydrogen) atoms. The van der Waals surface area contributed by atoms with Gasteiger partial charge in [0.2, 0.25) is 12.5 Å². The average Bonchev–Trinajstić information content (AvgIpc) is 3.13. The van der Waals surface area contributed by atoms with E-state index in [2.05, 4.69) is 11.9 Å². The number of rotatable bonds is 2. The van der Waals surface area contributed by atoms with E-state index in [0.29, 0.717) is 17.2 Å². The summed E-state index contributed by atoms with van der Waals surface area (Å²) in [5.41, 5.74) is 5.11. The zero-order valence-electron chi connectivity index (χ0n) is 15.1. The maximum absolute atomic E-state index is 10.9. The van der Waals surface area contributed by atoms with Gasteiger partial charge in [-0.25, -0.2) is 0 Å². The molecule has 0 spiro atoms. The molecule has 5 rings (SSSR count). The number of fused-ring (bicyclic) bond motifs is 4. The summed E-state index contributed by atoms with van der Waals surface area (Å²) in [5, 5.41) is 10.9. The molecule has 0 fully saturated rings. The number of nitrogens with zero attached hydrogens (tertiary/aromatic N) is 1. The molecule has 1 aliphatic carbocycles. The fourth-order valence-electron chi connectivity index (χ4n) is 4.60. The molecule has 0 radical (unpaired) electrons. The predicted octanol–water partition coefficient (Wildman–Crippen LogP) is 2.89. The lowest BCUT2D eigenvalue weighted by atomic mass is 9.76. The normalized spacial score (nSPS) is 19.7. The van der Waals surface area contributed by atoms with Gasteiger partial charge >= 0.3 is 0 Å². The fraction of sp³-hybridized carbons (Fsp3) is 0.400. The van der Waals surface area contributed by atoms with E-state index >= 15 is 0 Å². The SMILES string of the molecule is COc1ccc2c(c1O)-c1c(OC)c3c(c4c1C(C2)N(C)CC4)OCO3. The minimum atomic E-state index is 0.149. The summed E-state index contributed by atoms with van der Waals surface area (Å²) in [6, 6.07) is 4.07. The maximum Gasteiger partial charge on any atom is 0.231 e. The monoisotopic (exact) mass is 355 g/mol. The van der Waals surface area contributed by atoms with Gasteiger partial charge in [-0.2, -0.15) is 0 Å². The van der Waals surface area contributed by atoms with Gasteiger partial charge in [0.15, 0.2) is 23.0 Å². The molecule has 0 saturated carbocycles. The summed E-state index contributed by atoms with van der Waals surface area (Å²) in [5.74, 6) is 2.67. The van der Waals surface area contributed by atoms with Gasteiger partial charge in [0.05, 0.1) is 14.2 Å². The van der Waals surface area contributed by atoms with E-state index in [0.717, 1.165) is 41.8 Å². The molecule has 2 aromatic rings. The molecule has 136 valence electrons. The Morgan fingerprint density at radius 1 is 1.12 bits per heavy atom. The van der Waals surface area contributed by atoms with Crippen LogP contribution in [0.1, 0.15) is 22.7 Å². The Morgan fingerprint density at radius 2 is 1.92 bits per heavy atom. The third-order valence-electron chi connectivity index (χ3n) is 5.81. The Labute approximate surface area is 151 Å². The number of hydrogen-bond acceptors (Lipinski definition) is 6. The molecule has 3 aliphatic rings. The zero-order chi connectivity index (χ0) is 18.0. The Hall–Kier alpha value is -2.60. The molecular formula is C20H21NO5. The quantitative estimate of drug-likeness (QED) is 0.894. The van der Waals surface area contributed by atoms with Gasteiger partial charge in [0.1, 0.15) is 0 Å². The van der Waals surface area contributed by atoms with Crippen LogP contribution in [0.15, 0.2) is 12.1 Å². The lowest BCUT2D eigenvalue weighted by molar-refractivity contribution is 0.169. The number of hydrogen-bond donors (Lipinski definition) is 1. The molecule has 0 amide bonds. The van der Waals surface area contributed by atoms with Gasteiger partial charge in [-0.05, 0) is 37.1 Å². The number of methoxy groups -OCH3 is 2. The van der Waals surface area contributed by atoms with Crippen LogP contribution in [0.2, 0.25) is 0 Å². The van der Waals surface area contributed by atoms with Gasteiger partial charge in [-0.1, -0.05) is 6.07 Å². The first-order valence-corrected chi connectivity index (χ1v) is 8.77. The van der Waals surface area contributed by atoms with Crippen LogP contribution in [0.4, 0.5) is 0 Å². The van der Waals surface area contributed by atoms with Crippen molar-refractivity contribution in [3.8, 4) is 39.9 Å². The Balaban J connectivity index is 1.92. The first kappa shape index (κ1) is 15.6. The van der Waals surface area contributed by atoms with Crippen molar-refractivity contribution in [2.45, 2.75) is 18.9 Å². The second-order valence-electron chi connectivity index (χ2n) is 6.97. The van der Waals surface area contributed by atoms with Crippen molar-refractivity contribution in [2.75, 3.05) is 34.6 Å². The number of likely N-dealkylation sites (N-methyl/N-ethyl adjacent to an activating group) is 1. The lowest BCUT2D eigenvalue weighted by Gasteiger charge is -2.40. The van der Waals surface area contributed by atoms with Crippen LogP contribution in [0.3, 0.4) is 0 Å². The van der Waals surface area contributed by atoms with E-state index in [1.54, 1.807) is 14.2 Å². The van der Waals surface area contributed by atoms with Crippen LogP contribution >= 0.6 is 0 Å². The topological polar surface area (TPSA) is 60.4 Å². The number of phenols is 1. The van der Waals surface area contributed by atoms with Crippen molar-refractivity contribution in [3.63, 3.8) is 0 Å². The minimum absolute atomic E-state index is 0.149. The van der Waals surface area contributed by atoms with E-state index in [4.69, 9.17) is 18.9 Å². The highest BCUT2D eigenvalue weighted by Gasteiger charge is 2.41. The first-order chi connectivity index (χ1) is 12.7. The number of benzene rings is 2. The molecule has 1 N–H and O–H groups in total.